The first-order valence-electron chi connectivity index (χ1n) is 6.39. The Kier molecular flexibility index (Phi) is 5.19. The van der Waals surface area contributed by atoms with Crippen LogP contribution in [0.3, 0.4) is 0 Å². The van der Waals surface area contributed by atoms with Gasteiger partial charge in [-0.25, -0.2) is 0 Å². The average molecular weight is 207 g/mol. The zero-order valence-electron chi connectivity index (χ0n) is 10.4. The van der Waals surface area contributed by atoms with Gasteiger partial charge in [-0.05, 0) is 37.5 Å². The fourth-order valence-corrected chi connectivity index (χ4v) is 2.67. The molecule has 1 rings (SSSR count). The Balaban J connectivity index is 2.40. The van der Waals surface area contributed by atoms with Crippen LogP contribution in [0, 0.1) is 24.2 Å². The molecule has 1 aliphatic rings. The summed E-state index contributed by atoms with van der Waals surface area (Å²) >= 11 is 0. The summed E-state index contributed by atoms with van der Waals surface area (Å²) < 4.78 is 0. The third-order valence-corrected chi connectivity index (χ3v) is 3.63. The van der Waals surface area contributed by atoms with Gasteiger partial charge in [0.25, 0.3) is 0 Å². The number of nitrogens with one attached hydrogen (secondary N) is 1. The molecule has 0 heterocycles. The van der Waals surface area contributed by atoms with Gasteiger partial charge in [-0.15, -0.1) is 6.42 Å². The molecule has 4 atom stereocenters. The van der Waals surface area contributed by atoms with Gasteiger partial charge in [0.15, 0.2) is 0 Å². The van der Waals surface area contributed by atoms with Gasteiger partial charge in [-0.1, -0.05) is 33.1 Å². The normalized spacial score (nSPS) is 33.3. The van der Waals surface area contributed by atoms with E-state index in [-0.39, 0.29) is 6.04 Å². The standard InChI is InChI=1S/C14H25N/c1-5-7-13(6-2)15-14-9-8-11(3)10-12(14)4/h2,11-15H,5,7-10H2,1,3-4H3. The molecule has 0 radical (unpaired) electrons. The molecule has 1 aliphatic carbocycles. The molecule has 0 aromatic rings. The van der Waals surface area contributed by atoms with Crippen molar-refractivity contribution in [3.8, 4) is 12.3 Å². The van der Waals surface area contributed by atoms with Gasteiger partial charge in [0.05, 0.1) is 6.04 Å². The van der Waals surface area contributed by atoms with Crippen LogP contribution in [0.15, 0.2) is 0 Å². The first-order valence-corrected chi connectivity index (χ1v) is 6.39. The van der Waals surface area contributed by atoms with E-state index >= 15 is 0 Å². The molecule has 1 fully saturated rings. The summed E-state index contributed by atoms with van der Waals surface area (Å²) in [7, 11) is 0. The van der Waals surface area contributed by atoms with Crippen LogP contribution in [0.4, 0.5) is 0 Å². The minimum atomic E-state index is 0.288. The molecule has 0 bridgehead atoms. The Hall–Kier alpha value is -0.480. The van der Waals surface area contributed by atoms with Gasteiger partial charge >= 0.3 is 0 Å². The number of rotatable bonds is 4. The summed E-state index contributed by atoms with van der Waals surface area (Å²) in [5.41, 5.74) is 0. The van der Waals surface area contributed by atoms with E-state index in [1.165, 1.54) is 25.7 Å². The fraction of sp³-hybridized carbons (Fsp3) is 0.857. The van der Waals surface area contributed by atoms with Crippen molar-refractivity contribution in [2.24, 2.45) is 11.8 Å². The van der Waals surface area contributed by atoms with E-state index in [4.69, 9.17) is 6.42 Å². The molecule has 0 spiro atoms. The van der Waals surface area contributed by atoms with Crippen LogP contribution >= 0.6 is 0 Å². The molecule has 0 saturated heterocycles. The van der Waals surface area contributed by atoms with E-state index in [0.29, 0.717) is 6.04 Å². The molecule has 86 valence electrons. The van der Waals surface area contributed by atoms with Crippen molar-refractivity contribution in [3.05, 3.63) is 0 Å². The number of hydrogen-bond donors (Lipinski definition) is 1. The van der Waals surface area contributed by atoms with Crippen molar-refractivity contribution in [2.75, 3.05) is 0 Å². The second-order valence-electron chi connectivity index (χ2n) is 5.18. The van der Waals surface area contributed by atoms with E-state index in [0.717, 1.165) is 18.3 Å². The summed E-state index contributed by atoms with van der Waals surface area (Å²) in [5, 5.41) is 3.64. The van der Waals surface area contributed by atoms with Gasteiger partial charge in [0, 0.05) is 6.04 Å². The highest BCUT2D eigenvalue weighted by atomic mass is 15.0. The first kappa shape index (κ1) is 12.6. The Morgan fingerprint density at radius 2 is 2.13 bits per heavy atom. The lowest BCUT2D eigenvalue weighted by atomic mass is 9.79. The summed E-state index contributed by atoms with van der Waals surface area (Å²) in [6.07, 6.45) is 11.8. The highest BCUT2D eigenvalue weighted by Crippen LogP contribution is 2.28. The monoisotopic (exact) mass is 207 g/mol. The summed E-state index contributed by atoms with van der Waals surface area (Å²) in [6.45, 7) is 6.91. The predicted octanol–water partition coefficient (Wildman–Crippen LogP) is 3.20. The zero-order valence-corrected chi connectivity index (χ0v) is 10.4. The predicted molar refractivity (Wildman–Crippen MR) is 66.6 cm³/mol. The highest BCUT2D eigenvalue weighted by Gasteiger charge is 2.26. The quantitative estimate of drug-likeness (QED) is 0.698. The largest absolute Gasteiger partial charge is 0.301 e. The lowest BCUT2D eigenvalue weighted by molar-refractivity contribution is 0.220. The Morgan fingerprint density at radius 1 is 1.40 bits per heavy atom. The van der Waals surface area contributed by atoms with Crippen molar-refractivity contribution in [1.29, 1.82) is 0 Å². The third-order valence-electron chi connectivity index (χ3n) is 3.63. The lowest BCUT2D eigenvalue weighted by Crippen LogP contribution is -2.44. The van der Waals surface area contributed by atoms with Crippen LogP contribution in [-0.4, -0.2) is 12.1 Å². The number of hydrogen-bond acceptors (Lipinski definition) is 1. The van der Waals surface area contributed by atoms with E-state index in [1.807, 2.05) is 0 Å². The maximum Gasteiger partial charge on any atom is 0.0689 e. The van der Waals surface area contributed by atoms with Crippen molar-refractivity contribution in [3.63, 3.8) is 0 Å². The van der Waals surface area contributed by atoms with Crippen molar-refractivity contribution in [2.45, 2.75) is 65.0 Å². The Labute approximate surface area is 95.0 Å². The highest BCUT2D eigenvalue weighted by molar-refractivity contribution is 5.00. The second-order valence-corrected chi connectivity index (χ2v) is 5.18. The van der Waals surface area contributed by atoms with E-state index in [1.54, 1.807) is 0 Å². The molecule has 0 aromatic carbocycles. The smallest absolute Gasteiger partial charge is 0.0689 e. The minimum absolute atomic E-state index is 0.288. The van der Waals surface area contributed by atoms with Crippen LogP contribution in [0.25, 0.3) is 0 Å². The van der Waals surface area contributed by atoms with Crippen LogP contribution < -0.4 is 5.32 Å². The second kappa shape index (κ2) is 6.18. The summed E-state index contributed by atoms with van der Waals surface area (Å²) in [5.74, 6) is 4.55. The Morgan fingerprint density at radius 3 is 2.67 bits per heavy atom. The summed E-state index contributed by atoms with van der Waals surface area (Å²) in [6, 6.07) is 0.935. The number of terminal acetylenes is 1. The van der Waals surface area contributed by atoms with Gasteiger partial charge in [-0.3, -0.25) is 0 Å². The SMILES string of the molecule is C#CC(CCC)NC1CCC(C)CC1C. The van der Waals surface area contributed by atoms with E-state index in [2.05, 4.69) is 32.0 Å². The molecule has 4 unspecified atom stereocenters. The van der Waals surface area contributed by atoms with Crippen LogP contribution in [0.1, 0.15) is 52.9 Å². The van der Waals surface area contributed by atoms with Crippen LogP contribution in [-0.2, 0) is 0 Å². The molecule has 0 aliphatic heterocycles. The average Bonchev–Trinajstić information content (AvgIpc) is 2.21. The maximum atomic E-state index is 5.54. The van der Waals surface area contributed by atoms with Crippen molar-refractivity contribution in [1.82, 2.24) is 5.32 Å². The molecule has 1 N–H and O–H groups in total. The zero-order chi connectivity index (χ0) is 11.3. The van der Waals surface area contributed by atoms with Gasteiger partial charge in [0.1, 0.15) is 0 Å². The van der Waals surface area contributed by atoms with Gasteiger partial charge in [0.2, 0.25) is 0 Å². The molecule has 1 heteroatoms. The molecule has 15 heavy (non-hydrogen) atoms. The van der Waals surface area contributed by atoms with Crippen molar-refractivity contribution >= 4 is 0 Å². The van der Waals surface area contributed by atoms with Crippen LogP contribution in [0.5, 0.6) is 0 Å². The summed E-state index contributed by atoms with van der Waals surface area (Å²) in [4.78, 5) is 0. The maximum absolute atomic E-state index is 5.54. The first-order chi connectivity index (χ1) is 7.17. The topological polar surface area (TPSA) is 12.0 Å². The molecular weight excluding hydrogens is 182 g/mol. The third kappa shape index (κ3) is 3.87. The van der Waals surface area contributed by atoms with Gasteiger partial charge < -0.3 is 5.32 Å². The molecule has 0 aromatic heterocycles. The van der Waals surface area contributed by atoms with Crippen LogP contribution in [0.2, 0.25) is 0 Å². The van der Waals surface area contributed by atoms with Crippen molar-refractivity contribution < 1.29 is 0 Å². The fourth-order valence-electron chi connectivity index (χ4n) is 2.67. The van der Waals surface area contributed by atoms with E-state index in [9.17, 15) is 0 Å². The minimum Gasteiger partial charge on any atom is -0.301 e. The molecule has 1 saturated carbocycles. The Bertz CT molecular complexity index is 216. The molecule has 1 nitrogen and oxygen atoms in total. The molecule has 0 amide bonds. The van der Waals surface area contributed by atoms with Gasteiger partial charge in [-0.2, -0.15) is 0 Å². The lowest BCUT2D eigenvalue weighted by Gasteiger charge is -2.34. The molecular formula is C14H25N. The van der Waals surface area contributed by atoms with E-state index < -0.39 is 0 Å².